The standard InChI is InChI=1S/C20H16ClN/c1-4-14-8-9-17-18(21)12-19(22-20(17)10-14)16-7-5-6-15(11-16)13(2)3/h4-12H,1-2H2,3H3. The van der Waals surface area contributed by atoms with Gasteiger partial charge in [-0.3, -0.25) is 0 Å². The number of benzene rings is 2. The lowest BCUT2D eigenvalue weighted by Crippen LogP contribution is -1.89. The normalized spacial score (nSPS) is 10.6. The van der Waals surface area contributed by atoms with Crippen molar-refractivity contribution in [3.63, 3.8) is 0 Å². The number of rotatable bonds is 3. The number of aromatic nitrogens is 1. The predicted octanol–water partition coefficient (Wildman–Crippen LogP) is 6.23. The van der Waals surface area contributed by atoms with Gasteiger partial charge in [0.25, 0.3) is 0 Å². The summed E-state index contributed by atoms with van der Waals surface area (Å²) in [6.07, 6.45) is 1.81. The van der Waals surface area contributed by atoms with E-state index >= 15 is 0 Å². The van der Waals surface area contributed by atoms with Crippen molar-refractivity contribution in [2.24, 2.45) is 0 Å². The van der Waals surface area contributed by atoms with Gasteiger partial charge >= 0.3 is 0 Å². The Hall–Kier alpha value is -2.38. The van der Waals surface area contributed by atoms with Crippen LogP contribution < -0.4 is 0 Å². The highest BCUT2D eigenvalue weighted by Crippen LogP contribution is 2.30. The minimum absolute atomic E-state index is 0.705. The van der Waals surface area contributed by atoms with Crippen LogP contribution in [0.2, 0.25) is 5.02 Å². The van der Waals surface area contributed by atoms with E-state index in [1.165, 1.54) is 0 Å². The van der Waals surface area contributed by atoms with Crippen LogP contribution in [0.25, 0.3) is 33.8 Å². The number of allylic oxidation sites excluding steroid dienone is 1. The second kappa shape index (κ2) is 5.78. The van der Waals surface area contributed by atoms with Crippen LogP contribution in [-0.2, 0) is 0 Å². The number of nitrogens with zero attached hydrogens (tertiary/aromatic N) is 1. The third-order valence-corrected chi connectivity index (χ3v) is 3.98. The molecule has 3 rings (SSSR count). The Labute approximate surface area is 135 Å². The van der Waals surface area contributed by atoms with Crippen molar-refractivity contribution in [1.29, 1.82) is 0 Å². The molecule has 0 saturated heterocycles. The van der Waals surface area contributed by atoms with E-state index in [0.29, 0.717) is 5.02 Å². The lowest BCUT2D eigenvalue weighted by molar-refractivity contribution is 1.39. The monoisotopic (exact) mass is 305 g/mol. The Morgan fingerprint density at radius 3 is 2.68 bits per heavy atom. The van der Waals surface area contributed by atoms with Crippen LogP contribution in [0.3, 0.4) is 0 Å². The smallest absolute Gasteiger partial charge is 0.0730 e. The summed E-state index contributed by atoms with van der Waals surface area (Å²) in [5.41, 5.74) is 5.94. The van der Waals surface area contributed by atoms with Gasteiger partial charge < -0.3 is 0 Å². The molecule has 22 heavy (non-hydrogen) atoms. The first kappa shape index (κ1) is 14.6. The molecule has 0 aliphatic carbocycles. The Balaban J connectivity index is 2.20. The van der Waals surface area contributed by atoms with E-state index in [2.05, 4.69) is 19.2 Å². The molecule has 108 valence electrons. The van der Waals surface area contributed by atoms with Crippen molar-refractivity contribution in [3.8, 4) is 11.3 Å². The highest BCUT2D eigenvalue weighted by molar-refractivity contribution is 6.35. The van der Waals surface area contributed by atoms with Gasteiger partial charge in [-0.15, -0.1) is 0 Å². The van der Waals surface area contributed by atoms with Gasteiger partial charge in [0.1, 0.15) is 0 Å². The third-order valence-electron chi connectivity index (χ3n) is 3.67. The summed E-state index contributed by atoms with van der Waals surface area (Å²) in [7, 11) is 0. The van der Waals surface area contributed by atoms with Crippen LogP contribution in [0.1, 0.15) is 18.1 Å². The maximum Gasteiger partial charge on any atom is 0.0730 e. The molecule has 0 radical (unpaired) electrons. The Morgan fingerprint density at radius 2 is 1.95 bits per heavy atom. The van der Waals surface area contributed by atoms with Gasteiger partial charge in [0.15, 0.2) is 0 Å². The molecule has 3 aromatic rings. The fourth-order valence-electron chi connectivity index (χ4n) is 2.42. The highest BCUT2D eigenvalue weighted by Gasteiger charge is 2.07. The van der Waals surface area contributed by atoms with Crippen molar-refractivity contribution in [1.82, 2.24) is 4.98 Å². The first-order valence-electron chi connectivity index (χ1n) is 7.07. The quantitative estimate of drug-likeness (QED) is 0.559. The Kier molecular flexibility index (Phi) is 3.82. The Bertz CT molecular complexity index is 893. The zero-order valence-electron chi connectivity index (χ0n) is 12.4. The fraction of sp³-hybridized carbons (Fsp3) is 0.0500. The Morgan fingerprint density at radius 1 is 1.14 bits per heavy atom. The summed E-state index contributed by atoms with van der Waals surface area (Å²) in [5, 5.41) is 1.66. The first-order chi connectivity index (χ1) is 10.6. The van der Waals surface area contributed by atoms with Crippen LogP contribution >= 0.6 is 11.6 Å². The molecule has 1 aromatic heterocycles. The molecule has 0 fully saturated rings. The van der Waals surface area contributed by atoms with Crippen molar-refractivity contribution in [2.45, 2.75) is 6.92 Å². The van der Waals surface area contributed by atoms with Crippen LogP contribution in [0, 0.1) is 0 Å². The summed E-state index contributed by atoms with van der Waals surface area (Å²) < 4.78 is 0. The van der Waals surface area contributed by atoms with Gasteiger partial charge in [-0.2, -0.15) is 0 Å². The lowest BCUT2D eigenvalue weighted by Gasteiger charge is -2.08. The topological polar surface area (TPSA) is 12.9 Å². The second-order valence-corrected chi connectivity index (χ2v) is 5.74. The zero-order valence-corrected chi connectivity index (χ0v) is 13.2. The SMILES string of the molecule is C=Cc1ccc2c(Cl)cc(-c3cccc(C(=C)C)c3)nc2c1. The number of hydrogen-bond donors (Lipinski definition) is 0. The molecule has 0 bridgehead atoms. The average Bonchev–Trinajstić information content (AvgIpc) is 2.54. The summed E-state index contributed by atoms with van der Waals surface area (Å²) in [6.45, 7) is 9.79. The van der Waals surface area contributed by atoms with Gasteiger partial charge in [0.2, 0.25) is 0 Å². The summed E-state index contributed by atoms with van der Waals surface area (Å²) >= 11 is 6.43. The highest BCUT2D eigenvalue weighted by atomic mass is 35.5. The molecule has 0 atom stereocenters. The number of hydrogen-bond acceptors (Lipinski definition) is 1. The van der Waals surface area contributed by atoms with Crippen LogP contribution in [-0.4, -0.2) is 4.98 Å². The molecular formula is C20H16ClN. The minimum atomic E-state index is 0.705. The molecule has 0 spiro atoms. The average molecular weight is 306 g/mol. The molecule has 0 saturated carbocycles. The van der Waals surface area contributed by atoms with E-state index in [4.69, 9.17) is 16.6 Å². The number of halogens is 1. The van der Waals surface area contributed by atoms with Gasteiger partial charge in [-0.1, -0.05) is 66.7 Å². The van der Waals surface area contributed by atoms with Gasteiger partial charge in [0.05, 0.1) is 16.2 Å². The lowest BCUT2D eigenvalue weighted by atomic mass is 10.0. The predicted molar refractivity (Wildman–Crippen MR) is 97.0 cm³/mol. The maximum atomic E-state index is 6.43. The summed E-state index contributed by atoms with van der Waals surface area (Å²) in [5.74, 6) is 0. The number of fused-ring (bicyclic) bond motifs is 1. The minimum Gasteiger partial charge on any atom is -0.248 e. The molecular weight excluding hydrogens is 290 g/mol. The molecule has 0 N–H and O–H groups in total. The van der Waals surface area contributed by atoms with E-state index in [1.54, 1.807) is 0 Å². The van der Waals surface area contributed by atoms with Gasteiger partial charge in [0, 0.05) is 10.9 Å². The van der Waals surface area contributed by atoms with E-state index in [-0.39, 0.29) is 0 Å². The second-order valence-electron chi connectivity index (χ2n) is 5.33. The van der Waals surface area contributed by atoms with E-state index in [1.807, 2.05) is 55.5 Å². The fourth-order valence-corrected chi connectivity index (χ4v) is 2.68. The summed E-state index contributed by atoms with van der Waals surface area (Å²) in [4.78, 5) is 4.75. The van der Waals surface area contributed by atoms with Crippen molar-refractivity contribution < 1.29 is 0 Å². The first-order valence-corrected chi connectivity index (χ1v) is 7.45. The van der Waals surface area contributed by atoms with Crippen molar-refractivity contribution in [2.75, 3.05) is 0 Å². The molecule has 0 amide bonds. The molecule has 1 heterocycles. The molecule has 0 aliphatic heterocycles. The van der Waals surface area contributed by atoms with Crippen LogP contribution in [0.4, 0.5) is 0 Å². The number of pyridine rings is 1. The zero-order chi connectivity index (χ0) is 15.7. The summed E-state index contributed by atoms with van der Waals surface area (Å²) in [6, 6.07) is 16.1. The molecule has 2 aromatic carbocycles. The third kappa shape index (κ3) is 2.68. The van der Waals surface area contributed by atoms with Gasteiger partial charge in [-0.05, 0) is 36.2 Å². The molecule has 2 heteroatoms. The largest absolute Gasteiger partial charge is 0.248 e. The van der Waals surface area contributed by atoms with Crippen LogP contribution in [0.15, 0.2) is 61.7 Å². The van der Waals surface area contributed by atoms with Crippen LogP contribution in [0.5, 0.6) is 0 Å². The van der Waals surface area contributed by atoms with E-state index in [0.717, 1.165) is 38.9 Å². The van der Waals surface area contributed by atoms with E-state index < -0.39 is 0 Å². The van der Waals surface area contributed by atoms with Crippen molar-refractivity contribution in [3.05, 3.63) is 77.8 Å². The molecule has 1 nitrogen and oxygen atoms in total. The van der Waals surface area contributed by atoms with E-state index in [9.17, 15) is 0 Å². The molecule has 0 aliphatic rings. The van der Waals surface area contributed by atoms with Crippen molar-refractivity contribution >= 4 is 34.2 Å². The maximum absolute atomic E-state index is 6.43. The van der Waals surface area contributed by atoms with Gasteiger partial charge in [-0.25, -0.2) is 4.98 Å². The molecule has 0 unspecified atom stereocenters.